The van der Waals surface area contributed by atoms with Crippen molar-refractivity contribution in [2.75, 3.05) is 7.11 Å². The molecule has 0 heterocycles. The van der Waals surface area contributed by atoms with E-state index in [1.807, 2.05) is 36.4 Å². The molecule has 0 aliphatic rings. The maximum Gasteiger partial charge on any atom is 0.337 e. The molecule has 0 amide bonds. The quantitative estimate of drug-likeness (QED) is 0.499. The number of rotatable bonds is 1. The summed E-state index contributed by atoms with van der Waals surface area (Å²) < 4.78 is 4.68. The molecule has 0 N–H and O–H groups in total. The first kappa shape index (κ1) is 13.9. The van der Waals surface area contributed by atoms with Crippen LogP contribution in [-0.4, -0.2) is 13.1 Å². The van der Waals surface area contributed by atoms with E-state index in [2.05, 4.69) is 34.8 Å². The van der Waals surface area contributed by atoms with Crippen molar-refractivity contribution in [1.82, 2.24) is 0 Å². The highest BCUT2D eigenvalue weighted by Gasteiger charge is 2.03. The summed E-state index contributed by atoms with van der Waals surface area (Å²) in [6, 6.07) is 21.4. The first-order chi connectivity index (χ1) is 10.8. The minimum atomic E-state index is -0.339. The summed E-state index contributed by atoms with van der Waals surface area (Å²) in [5.41, 5.74) is 2.38. The Morgan fingerprint density at radius 3 is 2.36 bits per heavy atom. The van der Waals surface area contributed by atoms with Crippen LogP contribution in [0.25, 0.3) is 10.8 Å². The number of carbonyl (C=O) groups is 1. The third kappa shape index (κ3) is 2.84. The molecule has 0 spiro atoms. The summed E-state index contributed by atoms with van der Waals surface area (Å²) in [6.45, 7) is 0. The fraction of sp³-hybridized carbons (Fsp3) is 0.0500. The molecule has 2 nitrogen and oxygen atoms in total. The molecule has 3 rings (SSSR count). The van der Waals surface area contributed by atoms with Gasteiger partial charge in [-0.05, 0) is 41.1 Å². The van der Waals surface area contributed by atoms with Crippen LogP contribution in [0.4, 0.5) is 0 Å². The van der Waals surface area contributed by atoms with Crippen molar-refractivity contribution in [3.63, 3.8) is 0 Å². The third-order valence-electron chi connectivity index (χ3n) is 3.44. The van der Waals surface area contributed by atoms with E-state index in [1.54, 1.807) is 12.1 Å². The molecule has 0 saturated heterocycles. The van der Waals surface area contributed by atoms with Crippen LogP contribution in [0.3, 0.4) is 0 Å². The minimum Gasteiger partial charge on any atom is -0.465 e. The number of hydrogen-bond acceptors (Lipinski definition) is 2. The van der Waals surface area contributed by atoms with Crippen LogP contribution in [0.2, 0.25) is 0 Å². The van der Waals surface area contributed by atoms with Crippen LogP contribution in [-0.2, 0) is 4.74 Å². The van der Waals surface area contributed by atoms with E-state index in [0.29, 0.717) is 5.56 Å². The second-order valence-corrected chi connectivity index (χ2v) is 4.85. The average molecular weight is 286 g/mol. The van der Waals surface area contributed by atoms with E-state index in [0.717, 1.165) is 16.5 Å². The van der Waals surface area contributed by atoms with E-state index < -0.39 is 0 Å². The van der Waals surface area contributed by atoms with Gasteiger partial charge < -0.3 is 4.74 Å². The molecule has 0 saturated carbocycles. The van der Waals surface area contributed by atoms with Gasteiger partial charge in [-0.25, -0.2) is 4.79 Å². The van der Waals surface area contributed by atoms with Gasteiger partial charge in [0.05, 0.1) is 12.7 Å². The zero-order chi connectivity index (χ0) is 15.4. The lowest BCUT2D eigenvalue weighted by atomic mass is 10.0. The van der Waals surface area contributed by atoms with Crippen LogP contribution in [0.1, 0.15) is 21.5 Å². The van der Waals surface area contributed by atoms with E-state index in [4.69, 9.17) is 0 Å². The van der Waals surface area contributed by atoms with Crippen LogP contribution < -0.4 is 0 Å². The molecule has 0 radical (unpaired) electrons. The maximum absolute atomic E-state index is 11.4. The molecule has 3 aromatic rings. The van der Waals surface area contributed by atoms with Gasteiger partial charge >= 0.3 is 5.97 Å². The van der Waals surface area contributed by atoms with Gasteiger partial charge in [0.2, 0.25) is 0 Å². The van der Waals surface area contributed by atoms with Crippen molar-refractivity contribution >= 4 is 16.7 Å². The largest absolute Gasteiger partial charge is 0.465 e. The molecular formula is C20H14O2. The van der Waals surface area contributed by atoms with Crippen LogP contribution >= 0.6 is 0 Å². The van der Waals surface area contributed by atoms with Crippen molar-refractivity contribution in [2.45, 2.75) is 0 Å². The van der Waals surface area contributed by atoms with Crippen molar-refractivity contribution in [1.29, 1.82) is 0 Å². The Morgan fingerprint density at radius 2 is 1.59 bits per heavy atom. The molecule has 3 aromatic carbocycles. The number of benzene rings is 3. The van der Waals surface area contributed by atoms with Gasteiger partial charge in [0, 0.05) is 11.1 Å². The number of esters is 1. The predicted octanol–water partition coefficient (Wildman–Crippen LogP) is 4.03. The standard InChI is InChI=1S/C20H14O2/c1-22-20(21)18-13-10-15(11-14-18)9-12-17-7-4-6-16-5-2-3-8-19(16)17/h2-8,10-11,13-14H,1H3. The highest BCUT2D eigenvalue weighted by atomic mass is 16.5. The van der Waals surface area contributed by atoms with Crippen LogP contribution in [0.15, 0.2) is 66.7 Å². The monoisotopic (exact) mass is 286 g/mol. The summed E-state index contributed by atoms with van der Waals surface area (Å²) in [7, 11) is 1.37. The summed E-state index contributed by atoms with van der Waals surface area (Å²) >= 11 is 0. The molecule has 0 aliphatic heterocycles. The van der Waals surface area contributed by atoms with Gasteiger partial charge in [-0.2, -0.15) is 0 Å². The minimum absolute atomic E-state index is 0.339. The summed E-state index contributed by atoms with van der Waals surface area (Å²) in [5, 5.41) is 2.32. The zero-order valence-electron chi connectivity index (χ0n) is 12.2. The van der Waals surface area contributed by atoms with Gasteiger partial charge in [0.1, 0.15) is 0 Å². The zero-order valence-corrected chi connectivity index (χ0v) is 12.2. The maximum atomic E-state index is 11.4. The number of ether oxygens (including phenoxy) is 1. The van der Waals surface area contributed by atoms with Gasteiger partial charge in [-0.15, -0.1) is 0 Å². The number of carbonyl (C=O) groups excluding carboxylic acids is 1. The van der Waals surface area contributed by atoms with Gasteiger partial charge in [-0.1, -0.05) is 48.2 Å². The molecule has 0 aliphatic carbocycles. The smallest absolute Gasteiger partial charge is 0.337 e. The molecule has 106 valence electrons. The van der Waals surface area contributed by atoms with Crippen molar-refractivity contribution in [3.05, 3.63) is 83.4 Å². The molecule has 0 aromatic heterocycles. The van der Waals surface area contributed by atoms with E-state index in [-0.39, 0.29) is 5.97 Å². The molecule has 0 unspecified atom stereocenters. The van der Waals surface area contributed by atoms with Gasteiger partial charge in [0.15, 0.2) is 0 Å². The Labute approximate surface area is 129 Å². The lowest BCUT2D eigenvalue weighted by molar-refractivity contribution is 0.0601. The lowest BCUT2D eigenvalue weighted by Crippen LogP contribution is -2.00. The topological polar surface area (TPSA) is 26.3 Å². The Hall–Kier alpha value is -3.05. The van der Waals surface area contributed by atoms with Crippen LogP contribution in [0, 0.1) is 11.8 Å². The van der Waals surface area contributed by atoms with Crippen molar-refractivity contribution in [3.8, 4) is 11.8 Å². The summed E-state index contributed by atoms with van der Waals surface area (Å²) in [4.78, 5) is 11.4. The van der Waals surface area contributed by atoms with E-state index in [9.17, 15) is 4.79 Å². The molecule has 2 heteroatoms. The number of methoxy groups -OCH3 is 1. The number of hydrogen-bond donors (Lipinski definition) is 0. The fourth-order valence-electron chi connectivity index (χ4n) is 2.28. The van der Waals surface area contributed by atoms with Gasteiger partial charge in [0.25, 0.3) is 0 Å². The first-order valence-electron chi connectivity index (χ1n) is 6.96. The Bertz CT molecular complexity index is 875. The predicted molar refractivity (Wildman–Crippen MR) is 87.7 cm³/mol. The van der Waals surface area contributed by atoms with Crippen LogP contribution in [0.5, 0.6) is 0 Å². The van der Waals surface area contributed by atoms with Crippen molar-refractivity contribution < 1.29 is 9.53 Å². The molecule has 0 fully saturated rings. The van der Waals surface area contributed by atoms with E-state index >= 15 is 0 Å². The SMILES string of the molecule is COC(=O)c1ccc(C#Cc2cccc3ccccc23)cc1. The summed E-state index contributed by atoms with van der Waals surface area (Å²) in [5.74, 6) is 6.00. The molecular weight excluding hydrogens is 272 g/mol. The number of fused-ring (bicyclic) bond motifs is 1. The third-order valence-corrected chi connectivity index (χ3v) is 3.44. The highest BCUT2D eigenvalue weighted by Crippen LogP contribution is 2.17. The van der Waals surface area contributed by atoms with Crippen molar-refractivity contribution in [2.24, 2.45) is 0 Å². The molecule has 0 bridgehead atoms. The van der Waals surface area contributed by atoms with Gasteiger partial charge in [-0.3, -0.25) is 0 Å². The van der Waals surface area contributed by atoms with E-state index in [1.165, 1.54) is 12.5 Å². The molecule has 22 heavy (non-hydrogen) atoms. The fourth-order valence-corrected chi connectivity index (χ4v) is 2.28. The average Bonchev–Trinajstić information content (AvgIpc) is 2.59. The first-order valence-corrected chi connectivity index (χ1v) is 6.96. The summed E-state index contributed by atoms with van der Waals surface area (Å²) in [6.07, 6.45) is 0. The Morgan fingerprint density at radius 1 is 0.864 bits per heavy atom. The highest BCUT2D eigenvalue weighted by molar-refractivity contribution is 5.89. The lowest BCUT2D eigenvalue weighted by Gasteiger charge is -2.00. The second-order valence-electron chi connectivity index (χ2n) is 4.85. The second kappa shape index (κ2) is 6.15. The Kier molecular flexibility index (Phi) is 3.89. The molecule has 0 atom stereocenters. The normalized spacial score (nSPS) is 9.86. The Balaban J connectivity index is 1.93.